The van der Waals surface area contributed by atoms with Gasteiger partial charge in [-0.2, -0.15) is 0 Å². The number of nitrogens with zero attached hydrogens (tertiary/aromatic N) is 5. The Morgan fingerprint density at radius 2 is 1.85 bits per heavy atom. The smallest absolute Gasteiger partial charge is 0.243 e. The van der Waals surface area contributed by atoms with Crippen molar-refractivity contribution in [3.05, 3.63) is 48.4 Å². The van der Waals surface area contributed by atoms with Gasteiger partial charge in [0.2, 0.25) is 17.6 Å². The highest BCUT2D eigenvalue weighted by molar-refractivity contribution is 7.99. The fourth-order valence-corrected chi connectivity index (χ4v) is 5.57. The number of imidazole rings is 1. The maximum Gasteiger partial charge on any atom is 0.243 e. The Kier molecular flexibility index (Phi) is 6.32. The zero-order valence-electron chi connectivity index (χ0n) is 19.3. The fraction of sp³-hybridized carbons (Fsp3) is 0.417. The van der Waals surface area contributed by atoms with Crippen LogP contribution in [0, 0.1) is 0 Å². The molecular weight excluding hydrogens is 452 g/mol. The number of likely N-dealkylation sites (tertiary alicyclic amines) is 1. The number of carbonyl (C=O) groups is 2. The second-order valence-corrected chi connectivity index (χ2v) is 9.71. The Bertz CT molecular complexity index is 1300. The van der Waals surface area contributed by atoms with Crippen molar-refractivity contribution in [2.24, 2.45) is 0 Å². The van der Waals surface area contributed by atoms with E-state index in [2.05, 4.69) is 29.4 Å². The van der Waals surface area contributed by atoms with Gasteiger partial charge in [-0.25, -0.2) is 0 Å². The number of furan rings is 1. The molecule has 4 heterocycles. The number of benzene rings is 1. The summed E-state index contributed by atoms with van der Waals surface area (Å²) in [5.41, 5.74) is 1.83. The maximum absolute atomic E-state index is 13.3. The van der Waals surface area contributed by atoms with E-state index in [0.717, 1.165) is 30.3 Å². The van der Waals surface area contributed by atoms with Crippen LogP contribution in [0.5, 0.6) is 0 Å². The maximum atomic E-state index is 13.3. The molecule has 0 bridgehead atoms. The molecule has 4 aromatic rings. The van der Waals surface area contributed by atoms with E-state index >= 15 is 0 Å². The summed E-state index contributed by atoms with van der Waals surface area (Å²) in [6.07, 6.45) is 4.80. The lowest BCUT2D eigenvalue weighted by molar-refractivity contribution is -0.137. The molecule has 178 valence electrons. The van der Waals surface area contributed by atoms with Crippen LogP contribution in [0.3, 0.4) is 0 Å². The van der Waals surface area contributed by atoms with Gasteiger partial charge in [0.15, 0.2) is 5.16 Å². The van der Waals surface area contributed by atoms with Crippen molar-refractivity contribution >= 4 is 40.4 Å². The van der Waals surface area contributed by atoms with E-state index in [1.54, 1.807) is 12.3 Å². The highest BCUT2D eigenvalue weighted by Gasteiger charge is 2.30. The zero-order chi connectivity index (χ0) is 23.7. The third-order valence-electron chi connectivity index (χ3n) is 6.42. The van der Waals surface area contributed by atoms with Gasteiger partial charge in [0.05, 0.1) is 29.6 Å². The van der Waals surface area contributed by atoms with Crippen LogP contribution in [0.25, 0.3) is 16.8 Å². The van der Waals surface area contributed by atoms with Gasteiger partial charge in [0.1, 0.15) is 12.3 Å². The van der Waals surface area contributed by atoms with Crippen LogP contribution in [-0.4, -0.2) is 53.7 Å². The average molecular weight is 481 g/mol. The van der Waals surface area contributed by atoms with Gasteiger partial charge < -0.3 is 14.6 Å². The van der Waals surface area contributed by atoms with Gasteiger partial charge in [0, 0.05) is 12.1 Å². The van der Waals surface area contributed by atoms with Crippen LogP contribution in [0.2, 0.25) is 0 Å². The molecule has 34 heavy (non-hydrogen) atoms. The number of rotatable bonds is 7. The molecule has 2 amide bonds. The van der Waals surface area contributed by atoms with E-state index < -0.39 is 0 Å². The molecule has 1 aromatic carbocycles. The van der Waals surface area contributed by atoms with E-state index in [1.807, 2.05) is 44.2 Å². The quantitative estimate of drug-likeness (QED) is 0.407. The van der Waals surface area contributed by atoms with Gasteiger partial charge in [0.25, 0.3) is 0 Å². The number of para-hydroxylation sites is 2. The largest absolute Gasteiger partial charge is 0.467 e. The van der Waals surface area contributed by atoms with E-state index in [0.29, 0.717) is 23.2 Å². The van der Waals surface area contributed by atoms with E-state index in [4.69, 9.17) is 4.42 Å². The predicted octanol–water partition coefficient (Wildman–Crippen LogP) is 3.48. The molecule has 9 nitrogen and oxygen atoms in total. The van der Waals surface area contributed by atoms with Crippen molar-refractivity contribution in [1.82, 2.24) is 29.4 Å². The Balaban J connectivity index is 1.37. The Morgan fingerprint density at radius 1 is 1.09 bits per heavy atom. The van der Waals surface area contributed by atoms with Gasteiger partial charge >= 0.3 is 0 Å². The molecule has 0 spiro atoms. The summed E-state index contributed by atoms with van der Waals surface area (Å²) in [6, 6.07) is 12.0. The molecule has 1 fully saturated rings. The summed E-state index contributed by atoms with van der Waals surface area (Å²) in [4.78, 5) is 27.7. The van der Waals surface area contributed by atoms with Gasteiger partial charge in [-0.05, 0) is 57.4 Å². The van der Waals surface area contributed by atoms with Crippen LogP contribution in [-0.2, 0) is 22.7 Å². The number of thioether (sulfide) groups is 1. The SMILES string of the molecule is C[C@H]1CCC[C@H](C)N1C(=O)Cn1c2ccccc2n2c(SCC(=O)NCc3ccco3)nnc12. The third-order valence-corrected chi connectivity index (χ3v) is 7.35. The monoisotopic (exact) mass is 480 g/mol. The number of amides is 2. The lowest BCUT2D eigenvalue weighted by atomic mass is 9.97. The molecule has 3 aromatic heterocycles. The lowest BCUT2D eigenvalue weighted by Gasteiger charge is -2.39. The lowest BCUT2D eigenvalue weighted by Crippen LogP contribution is -2.48. The summed E-state index contributed by atoms with van der Waals surface area (Å²) in [6.45, 7) is 4.80. The minimum Gasteiger partial charge on any atom is -0.467 e. The summed E-state index contributed by atoms with van der Waals surface area (Å²) in [5.74, 6) is 1.48. The Labute approximate surface area is 201 Å². The minimum absolute atomic E-state index is 0.0949. The van der Waals surface area contributed by atoms with Crippen LogP contribution in [0.15, 0.2) is 52.2 Å². The number of fused-ring (bicyclic) bond motifs is 3. The summed E-state index contributed by atoms with van der Waals surface area (Å²) in [5, 5.41) is 12.2. The molecule has 1 saturated heterocycles. The normalized spacial score (nSPS) is 18.6. The number of hydrogen-bond acceptors (Lipinski definition) is 6. The molecule has 1 aliphatic heterocycles. The molecule has 5 rings (SSSR count). The number of hydrogen-bond donors (Lipinski definition) is 1. The van der Waals surface area contributed by atoms with Crippen molar-refractivity contribution in [1.29, 1.82) is 0 Å². The van der Waals surface area contributed by atoms with Crippen molar-refractivity contribution in [3.63, 3.8) is 0 Å². The van der Waals surface area contributed by atoms with Crippen molar-refractivity contribution in [2.45, 2.75) is 63.4 Å². The van der Waals surface area contributed by atoms with Crippen LogP contribution in [0.1, 0.15) is 38.9 Å². The Morgan fingerprint density at radius 3 is 2.59 bits per heavy atom. The molecule has 2 atom stereocenters. The van der Waals surface area contributed by atoms with E-state index in [9.17, 15) is 9.59 Å². The second kappa shape index (κ2) is 9.54. The summed E-state index contributed by atoms with van der Waals surface area (Å²) >= 11 is 1.32. The zero-order valence-corrected chi connectivity index (χ0v) is 20.1. The minimum atomic E-state index is -0.120. The first-order valence-corrected chi connectivity index (χ1v) is 12.6. The van der Waals surface area contributed by atoms with Crippen LogP contribution < -0.4 is 5.32 Å². The molecule has 0 aliphatic carbocycles. The fourth-order valence-electron chi connectivity index (χ4n) is 4.80. The molecule has 1 aliphatic rings. The first-order chi connectivity index (χ1) is 16.5. The predicted molar refractivity (Wildman–Crippen MR) is 129 cm³/mol. The topological polar surface area (TPSA) is 97.7 Å². The molecular formula is C24H28N6O3S. The second-order valence-electron chi connectivity index (χ2n) is 8.77. The first kappa shape index (κ1) is 22.5. The molecule has 0 saturated carbocycles. The van der Waals surface area contributed by atoms with E-state index in [-0.39, 0.29) is 36.2 Å². The van der Waals surface area contributed by atoms with Crippen LogP contribution in [0.4, 0.5) is 0 Å². The molecule has 0 unspecified atom stereocenters. The molecule has 0 radical (unpaired) electrons. The van der Waals surface area contributed by atoms with Crippen LogP contribution >= 0.6 is 11.8 Å². The summed E-state index contributed by atoms with van der Waals surface area (Å²) < 4.78 is 9.11. The average Bonchev–Trinajstić information content (AvgIpc) is 3.55. The number of nitrogens with one attached hydrogen (secondary N) is 1. The van der Waals surface area contributed by atoms with E-state index in [1.165, 1.54) is 11.8 Å². The molecule has 1 N–H and O–H groups in total. The highest BCUT2D eigenvalue weighted by Crippen LogP contribution is 2.27. The van der Waals surface area contributed by atoms with Crippen molar-refractivity contribution < 1.29 is 14.0 Å². The summed E-state index contributed by atoms with van der Waals surface area (Å²) in [7, 11) is 0. The van der Waals surface area contributed by atoms with Gasteiger partial charge in [-0.15, -0.1) is 10.2 Å². The first-order valence-electron chi connectivity index (χ1n) is 11.6. The van der Waals surface area contributed by atoms with Gasteiger partial charge in [-0.3, -0.25) is 18.6 Å². The third kappa shape index (κ3) is 4.29. The highest BCUT2D eigenvalue weighted by atomic mass is 32.2. The standard InChI is InChI=1S/C24H28N6O3S/c1-16-7-5-8-17(2)29(16)22(32)14-28-19-10-3-4-11-20(19)30-23(28)26-27-24(30)34-15-21(31)25-13-18-9-6-12-33-18/h3-4,6,9-12,16-17H,5,7-8,13-15H2,1-2H3,(H,25,31)/t16-,17-/m0/s1. The van der Waals surface area contributed by atoms with Gasteiger partial charge in [-0.1, -0.05) is 23.9 Å². The van der Waals surface area contributed by atoms with Crippen molar-refractivity contribution in [3.8, 4) is 0 Å². The Hall–Kier alpha value is -3.27. The number of carbonyl (C=O) groups excluding carboxylic acids is 2. The van der Waals surface area contributed by atoms with Crippen molar-refractivity contribution in [2.75, 3.05) is 5.75 Å². The number of piperidine rings is 1. The number of aromatic nitrogens is 4. The molecule has 10 heteroatoms.